The molecule has 0 aliphatic heterocycles. The third-order valence-electron chi connectivity index (χ3n) is 5.67. The lowest BCUT2D eigenvalue weighted by Gasteiger charge is -2.24. The zero-order valence-electron chi connectivity index (χ0n) is 18.0. The van der Waals surface area contributed by atoms with Crippen LogP contribution in [0.1, 0.15) is 77.6 Å². The highest BCUT2D eigenvalue weighted by atomic mass is 16.4. The lowest BCUT2D eigenvalue weighted by atomic mass is 9.88. The van der Waals surface area contributed by atoms with Crippen LogP contribution in [0.4, 0.5) is 0 Å². The van der Waals surface area contributed by atoms with E-state index in [2.05, 4.69) is 0 Å². The van der Waals surface area contributed by atoms with Crippen LogP contribution >= 0.6 is 0 Å². The van der Waals surface area contributed by atoms with Crippen molar-refractivity contribution < 1.29 is 45.0 Å². The summed E-state index contributed by atoms with van der Waals surface area (Å²) in [7, 11) is 0. The summed E-state index contributed by atoms with van der Waals surface area (Å²) in [5, 5.41) is 49.9. The fraction of sp³-hybridized carbons (Fsp3) is 0.857. The standard InChI is InChI=1S/2C7H12O2.C6H14O3.CH2O2/c2*8-7(9)6-4-2-1-3-5-6;1-2-6(3-7,4-8)5-9;2-1-3/h2*6H,1-5H2,(H,8,9);7-9H,2-5H2,1H3;1H,(H,2,3). The molecule has 0 aromatic carbocycles. The largest absolute Gasteiger partial charge is 0.483 e. The van der Waals surface area contributed by atoms with E-state index in [-0.39, 0.29) is 38.1 Å². The molecule has 0 atom stereocenters. The lowest BCUT2D eigenvalue weighted by Crippen LogP contribution is -2.32. The highest BCUT2D eigenvalue weighted by Gasteiger charge is 2.25. The first kappa shape index (κ1) is 30.5. The van der Waals surface area contributed by atoms with E-state index in [1.165, 1.54) is 12.8 Å². The molecule has 0 radical (unpaired) electrons. The summed E-state index contributed by atoms with van der Waals surface area (Å²) in [5.74, 6) is -1.26. The normalized spacial score (nSPS) is 17.1. The Morgan fingerprint density at radius 3 is 1.13 bits per heavy atom. The zero-order chi connectivity index (χ0) is 23.4. The van der Waals surface area contributed by atoms with Gasteiger partial charge in [0.05, 0.1) is 31.7 Å². The van der Waals surface area contributed by atoms with Gasteiger partial charge in [-0.15, -0.1) is 0 Å². The molecule has 0 amide bonds. The molecule has 0 spiro atoms. The molecule has 2 aliphatic rings. The van der Waals surface area contributed by atoms with Crippen LogP contribution in [0.3, 0.4) is 0 Å². The molecule has 0 saturated heterocycles. The Hall–Kier alpha value is -1.71. The van der Waals surface area contributed by atoms with Crippen molar-refractivity contribution in [3.8, 4) is 0 Å². The number of carboxylic acids is 2. The van der Waals surface area contributed by atoms with E-state index in [0.29, 0.717) is 6.42 Å². The lowest BCUT2D eigenvalue weighted by molar-refractivity contribution is -0.143. The Balaban J connectivity index is 0. The smallest absolute Gasteiger partial charge is 0.306 e. The average Bonchev–Trinajstić information content (AvgIpc) is 2.78. The van der Waals surface area contributed by atoms with Crippen molar-refractivity contribution in [3.05, 3.63) is 0 Å². The fourth-order valence-electron chi connectivity index (χ4n) is 3.18. The number of aliphatic hydroxyl groups is 3. The van der Waals surface area contributed by atoms with Crippen LogP contribution < -0.4 is 0 Å². The minimum absolute atomic E-state index is 0.0289. The van der Waals surface area contributed by atoms with Crippen LogP contribution in [0.25, 0.3) is 0 Å². The molecule has 0 aromatic heterocycles. The van der Waals surface area contributed by atoms with Gasteiger partial charge in [0.1, 0.15) is 0 Å². The molecule has 30 heavy (non-hydrogen) atoms. The summed E-state index contributed by atoms with van der Waals surface area (Å²) in [6.45, 7) is 1.10. The molecule has 2 rings (SSSR count). The summed E-state index contributed by atoms with van der Waals surface area (Å²) < 4.78 is 0. The van der Waals surface area contributed by atoms with Crippen LogP contribution in [0.5, 0.6) is 0 Å². The Bertz CT molecular complexity index is 392. The predicted molar refractivity (Wildman–Crippen MR) is 111 cm³/mol. The molecular weight excluding hydrogens is 396 g/mol. The van der Waals surface area contributed by atoms with E-state index < -0.39 is 17.4 Å². The van der Waals surface area contributed by atoms with Crippen molar-refractivity contribution in [1.29, 1.82) is 0 Å². The van der Waals surface area contributed by atoms with Gasteiger partial charge in [-0.1, -0.05) is 45.4 Å². The summed E-state index contributed by atoms with van der Waals surface area (Å²) in [6.07, 6.45) is 11.1. The highest BCUT2D eigenvalue weighted by Crippen LogP contribution is 2.24. The topological polar surface area (TPSA) is 173 Å². The van der Waals surface area contributed by atoms with Crippen molar-refractivity contribution in [2.24, 2.45) is 17.3 Å². The summed E-state index contributed by atoms with van der Waals surface area (Å²) >= 11 is 0. The number of aliphatic hydroxyl groups excluding tert-OH is 3. The van der Waals surface area contributed by atoms with Crippen molar-refractivity contribution in [3.63, 3.8) is 0 Å². The maximum absolute atomic E-state index is 10.4. The van der Waals surface area contributed by atoms with E-state index in [0.717, 1.165) is 51.4 Å². The van der Waals surface area contributed by atoms with Crippen LogP contribution in [0.2, 0.25) is 0 Å². The van der Waals surface area contributed by atoms with Crippen LogP contribution in [-0.4, -0.2) is 68.9 Å². The predicted octanol–water partition coefficient (Wildman–Crippen LogP) is 2.36. The Morgan fingerprint density at radius 2 is 1.03 bits per heavy atom. The summed E-state index contributed by atoms with van der Waals surface area (Å²) in [4.78, 5) is 29.1. The Kier molecular flexibility index (Phi) is 19.6. The van der Waals surface area contributed by atoms with Gasteiger partial charge in [-0.3, -0.25) is 14.4 Å². The number of carbonyl (C=O) groups is 3. The molecule has 2 fully saturated rings. The van der Waals surface area contributed by atoms with Gasteiger partial charge in [-0.25, -0.2) is 0 Å². The Labute approximate surface area is 178 Å². The monoisotopic (exact) mass is 436 g/mol. The minimum atomic E-state index is -0.667. The first-order chi connectivity index (χ1) is 14.3. The molecule has 9 heteroatoms. The molecule has 9 nitrogen and oxygen atoms in total. The van der Waals surface area contributed by atoms with E-state index >= 15 is 0 Å². The molecule has 2 aliphatic carbocycles. The molecule has 0 unspecified atom stereocenters. The summed E-state index contributed by atoms with van der Waals surface area (Å²) in [6, 6.07) is 0. The molecule has 6 N–H and O–H groups in total. The average molecular weight is 437 g/mol. The summed E-state index contributed by atoms with van der Waals surface area (Å²) in [5.41, 5.74) is -0.667. The van der Waals surface area contributed by atoms with Crippen LogP contribution in [-0.2, 0) is 14.4 Å². The van der Waals surface area contributed by atoms with Crippen molar-refractivity contribution >= 4 is 18.4 Å². The van der Waals surface area contributed by atoms with Crippen LogP contribution in [0, 0.1) is 17.3 Å². The van der Waals surface area contributed by atoms with E-state index in [1.807, 2.05) is 6.92 Å². The van der Waals surface area contributed by atoms with Gasteiger partial charge in [0.15, 0.2) is 0 Å². The van der Waals surface area contributed by atoms with Gasteiger partial charge in [0, 0.05) is 5.41 Å². The molecule has 2 saturated carbocycles. The number of hydrogen-bond donors (Lipinski definition) is 6. The van der Waals surface area contributed by atoms with Crippen molar-refractivity contribution in [2.45, 2.75) is 77.6 Å². The first-order valence-corrected chi connectivity index (χ1v) is 10.6. The maximum atomic E-state index is 10.4. The second-order valence-electron chi connectivity index (χ2n) is 7.78. The van der Waals surface area contributed by atoms with Gasteiger partial charge in [0.25, 0.3) is 6.47 Å². The number of carboxylic acid groups (broad SMARTS) is 3. The van der Waals surface area contributed by atoms with Crippen molar-refractivity contribution in [2.75, 3.05) is 19.8 Å². The van der Waals surface area contributed by atoms with Gasteiger partial charge in [0.2, 0.25) is 0 Å². The first-order valence-electron chi connectivity index (χ1n) is 10.6. The quantitative estimate of drug-likeness (QED) is 0.342. The third kappa shape index (κ3) is 14.3. The third-order valence-corrected chi connectivity index (χ3v) is 5.67. The SMILES string of the molecule is CCC(CO)(CO)CO.O=C(O)C1CCCCC1.O=C(O)C1CCCCC1.O=CO. The van der Waals surface area contributed by atoms with Gasteiger partial charge < -0.3 is 30.6 Å². The van der Waals surface area contributed by atoms with E-state index in [1.54, 1.807) is 0 Å². The van der Waals surface area contributed by atoms with Gasteiger partial charge in [-0.05, 0) is 32.1 Å². The van der Waals surface area contributed by atoms with Crippen LogP contribution in [0.15, 0.2) is 0 Å². The maximum Gasteiger partial charge on any atom is 0.306 e. The molecule has 0 aromatic rings. The van der Waals surface area contributed by atoms with Gasteiger partial charge in [-0.2, -0.15) is 0 Å². The van der Waals surface area contributed by atoms with Gasteiger partial charge >= 0.3 is 11.9 Å². The Morgan fingerprint density at radius 1 is 0.767 bits per heavy atom. The molecular formula is C21H40O9. The minimum Gasteiger partial charge on any atom is -0.483 e. The number of rotatable bonds is 6. The number of hydrogen-bond acceptors (Lipinski definition) is 6. The van der Waals surface area contributed by atoms with E-state index in [9.17, 15) is 9.59 Å². The van der Waals surface area contributed by atoms with Crippen molar-refractivity contribution in [1.82, 2.24) is 0 Å². The second kappa shape index (κ2) is 19.3. The van der Waals surface area contributed by atoms with E-state index in [4.69, 9.17) is 35.4 Å². The highest BCUT2D eigenvalue weighted by molar-refractivity contribution is 5.70. The number of aliphatic carboxylic acids is 2. The second-order valence-corrected chi connectivity index (χ2v) is 7.78. The molecule has 178 valence electrons. The zero-order valence-corrected chi connectivity index (χ0v) is 18.0. The molecule has 0 heterocycles. The fourth-order valence-corrected chi connectivity index (χ4v) is 3.18. The molecule has 0 bridgehead atoms.